The van der Waals surface area contributed by atoms with Crippen molar-refractivity contribution in [2.45, 2.75) is 50.9 Å². The van der Waals surface area contributed by atoms with Gasteiger partial charge in [-0.2, -0.15) is 0 Å². The van der Waals surface area contributed by atoms with E-state index in [1.54, 1.807) is 20.2 Å². The molecule has 0 unspecified atom stereocenters. The first-order chi connectivity index (χ1) is 16.3. The molecule has 1 aromatic rings. The van der Waals surface area contributed by atoms with Gasteiger partial charge in [0.15, 0.2) is 11.4 Å². The van der Waals surface area contributed by atoms with Crippen LogP contribution in [0.5, 0.6) is 5.75 Å². The van der Waals surface area contributed by atoms with Crippen LogP contribution < -0.4 is 11.1 Å². The van der Waals surface area contributed by atoms with Crippen molar-refractivity contribution in [3.63, 3.8) is 0 Å². The highest BCUT2D eigenvalue weighted by Gasteiger charge is 2.64. The fourth-order valence-electron chi connectivity index (χ4n) is 5.79. The van der Waals surface area contributed by atoms with E-state index < -0.39 is 58.0 Å². The number of amides is 1. The zero-order chi connectivity index (χ0) is 26.0. The van der Waals surface area contributed by atoms with Crippen molar-refractivity contribution in [3.8, 4) is 5.75 Å². The van der Waals surface area contributed by atoms with Gasteiger partial charge in [-0.25, -0.2) is 0 Å². The molecule has 1 fully saturated rings. The quantitative estimate of drug-likeness (QED) is 0.324. The number of primary amides is 1. The molecule has 3 aliphatic rings. The normalized spacial score (nSPS) is 28.4. The van der Waals surface area contributed by atoms with Gasteiger partial charge in [0.2, 0.25) is 5.78 Å². The number of fused-ring (bicyclic) bond motifs is 3. The number of rotatable bonds is 5. The molecule has 3 aliphatic carbocycles. The van der Waals surface area contributed by atoms with Gasteiger partial charge in [-0.05, 0) is 50.0 Å². The second-order valence-corrected chi connectivity index (χ2v) is 10.1. The summed E-state index contributed by atoms with van der Waals surface area (Å²) in [5.41, 5.74) is 3.34. The van der Waals surface area contributed by atoms with Crippen molar-refractivity contribution in [1.29, 1.82) is 0 Å². The molecular formula is C25H31N3O7. The molecule has 0 aromatic heterocycles. The Morgan fingerprint density at radius 2 is 1.89 bits per heavy atom. The molecule has 0 saturated heterocycles. The molecular weight excluding hydrogens is 454 g/mol. The number of phenols is 1. The number of carbonyl (C=O) groups is 3. The highest BCUT2D eigenvalue weighted by atomic mass is 16.3. The smallest absolute Gasteiger partial charge is 0.255 e. The summed E-state index contributed by atoms with van der Waals surface area (Å²) in [6.07, 6.45) is 0.344. The molecule has 0 bridgehead atoms. The molecule has 4 rings (SSSR count). The molecule has 0 aliphatic heterocycles. The number of aliphatic hydroxyl groups is 3. The lowest BCUT2D eigenvalue weighted by Crippen LogP contribution is -2.65. The summed E-state index contributed by atoms with van der Waals surface area (Å²) in [6, 6.07) is 2.28. The van der Waals surface area contributed by atoms with Crippen LogP contribution in [0.4, 0.5) is 0 Å². The van der Waals surface area contributed by atoms with Crippen LogP contribution in [0.15, 0.2) is 29.0 Å². The molecule has 7 N–H and O–H groups in total. The van der Waals surface area contributed by atoms with E-state index in [4.69, 9.17) is 5.73 Å². The minimum absolute atomic E-state index is 0.0679. The summed E-state index contributed by atoms with van der Waals surface area (Å²) in [6.45, 7) is 4.46. The molecule has 35 heavy (non-hydrogen) atoms. The molecule has 10 heteroatoms. The van der Waals surface area contributed by atoms with Gasteiger partial charge in [-0.3, -0.25) is 19.3 Å². The van der Waals surface area contributed by atoms with Gasteiger partial charge in [-0.15, -0.1) is 0 Å². The van der Waals surface area contributed by atoms with Crippen molar-refractivity contribution < 1.29 is 34.8 Å². The average molecular weight is 486 g/mol. The number of phenolic OH excluding ortho intramolecular Hbond substituents is 1. The van der Waals surface area contributed by atoms with Crippen molar-refractivity contribution in [2.24, 2.45) is 17.6 Å². The number of nitrogens with two attached hydrogens (primary N) is 1. The fourth-order valence-corrected chi connectivity index (χ4v) is 5.79. The van der Waals surface area contributed by atoms with Gasteiger partial charge in [0, 0.05) is 24.1 Å². The lowest BCUT2D eigenvalue weighted by molar-refractivity contribution is -0.153. The Hall–Kier alpha value is -3.21. The van der Waals surface area contributed by atoms with Crippen molar-refractivity contribution >= 4 is 23.2 Å². The molecule has 0 radical (unpaired) electrons. The second kappa shape index (κ2) is 8.47. The van der Waals surface area contributed by atoms with Crippen LogP contribution in [0.3, 0.4) is 0 Å². The number of aliphatic hydroxyl groups excluding tert-OH is 2. The topological polar surface area (TPSA) is 173 Å². The lowest BCUT2D eigenvalue weighted by atomic mass is 9.57. The van der Waals surface area contributed by atoms with E-state index in [1.807, 2.05) is 13.8 Å². The summed E-state index contributed by atoms with van der Waals surface area (Å²) in [7, 11) is 3.14. The van der Waals surface area contributed by atoms with Crippen LogP contribution >= 0.6 is 0 Å². The lowest BCUT2D eigenvalue weighted by Gasteiger charge is -2.50. The maximum Gasteiger partial charge on any atom is 0.255 e. The van der Waals surface area contributed by atoms with Crippen LogP contribution in [0, 0.1) is 11.8 Å². The van der Waals surface area contributed by atoms with Crippen LogP contribution in [-0.4, -0.2) is 74.6 Å². The minimum atomic E-state index is -2.63. The summed E-state index contributed by atoms with van der Waals surface area (Å²) < 4.78 is 0. The number of hydrogen-bond donors (Lipinski definition) is 6. The van der Waals surface area contributed by atoms with E-state index >= 15 is 0 Å². The van der Waals surface area contributed by atoms with Crippen LogP contribution in [0.1, 0.15) is 37.0 Å². The zero-order valence-electron chi connectivity index (χ0n) is 20.1. The number of nitrogens with zero attached hydrogens (tertiary/aromatic N) is 1. The average Bonchev–Trinajstić information content (AvgIpc) is 2.75. The maximum atomic E-state index is 13.8. The molecule has 0 heterocycles. The van der Waals surface area contributed by atoms with E-state index in [9.17, 15) is 34.8 Å². The summed E-state index contributed by atoms with van der Waals surface area (Å²) >= 11 is 0. The molecule has 188 valence electrons. The number of hydrogen-bond acceptors (Lipinski definition) is 9. The third-order valence-corrected chi connectivity index (χ3v) is 7.40. The third kappa shape index (κ3) is 3.55. The van der Waals surface area contributed by atoms with Gasteiger partial charge in [-0.1, -0.05) is 19.9 Å². The molecule has 1 aromatic carbocycles. The largest absolute Gasteiger partial charge is 0.508 e. The van der Waals surface area contributed by atoms with Gasteiger partial charge in [0.05, 0.1) is 11.6 Å². The number of ketones is 2. The molecule has 1 amide bonds. The van der Waals surface area contributed by atoms with Crippen LogP contribution in [0.2, 0.25) is 0 Å². The Kier molecular flexibility index (Phi) is 6.03. The second-order valence-electron chi connectivity index (χ2n) is 10.1. The first-order valence-electron chi connectivity index (χ1n) is 11.5. The highest BCUT2D eigenvalue weighted by Crippen LogP contribution is 2.52. The van der Waals surface area contributed by atoms with E-state index in [0.29, 0.717) is 12.1 Å². The van der Waals surface area contributed by atoms with Gasteiger partial charge >= 0.3 is 0 Å². The Morgan fingerprint density at radius 1 is 1.23 bits per heavy atom. The predicted molar refractivity (Wildman–Crippen MR) is 126 cm³/mol. The van der Waals surface area contributed by atoms with Gasteiger partial charge < -0.3 is 31.5 Å². The molecule has 4 atom stereocenters. The third-order valence-electron chi connectivity index (χ3n) is 7.40. The number of benzene rings is 1. The summed E-state index contributed by atoms with van der Waals surface area (Å²) in [5.74, 6) is -6.50. The summed E-state index contributed by atoms with van der Waals surface area (Å²) in [5, 5.41) is 47.5. The van der Waals surface area contributed by atoms with E-state index in [2.05, 4.69) is 5.32 Å². The Bertz CT molecular complexity index is 1200. The summed E-state index contributed by atoms with van der Waals surface area (Å²) in [4.78, 5) is 40.4. The molecule has 0 spiro atoms. The van der Waals surface area contributed by atoms with Crippen LogP contribution in [0.25, 0.3) is 5.76 Å². The van der Waals surface area contributed by atoms with Crippen molar-refractivity contribution in [2.75, 3.05) is 14.1 Å². The molecule has 1 saturated carbocycles. The Morgan fingerprint density at radius 3 is 2.46 bits per heavy atom. The number of likely N-dealkylation sites (N-methyl/N-ethyl adjacent to an activating group) is 1. The number of aromatic hydroxyl groups is 1. The van der Waals surface area contributed by atoms with Crippen molar-refractivity contribution in [3.05, 3.63) is 45.7 Å². The SMILES string of the molecule is CC(C)NCc1ccc(O)c2c1C[C@H]1C[C@H]3[C@H](N(C)C)C(=O)C(C(N)=O)=C(O)[C@@]3(O)C(=O)C1=C2O. The van der Waals surface area contributed by atoms with Gasteiger partial charge in [0.1, 0.15) is 22.8 Å². The zero-order valence-corrected chi connectivity index (χ0v) is 20.1. The minimum Gasteiger partial charge on any atom is -0.508 e. The van der Waals surface area contributed by atoms with Crippen LogP contribution in [-0.2, 0) is 27.3 Å². The predicted octanol–water partition coefficient (Wildman–Crippen LogP) is 0.462. The first-order valence-corrected chi connectivity index (χ1v) is 11.5. The Labute approximate surface area is 202 Å². The van der Waals surface area contributed by atoms with E-state index in [1.165, 1.54) is 11.0 Å². The van der Waals surface area contributed by atoms with Gasteiger partial charge in [0.25, 0.3) is 5.91 Å². The number of nitrogens with one attached hydrogen (secondary N) is 1. The fraction of sp³-hybridized carbons (Fsp3) is 0.480. The van der Waals surface area contributed by atoms with E-state index in [-0.39, 0.29) is 35.8 Å². The Balaban J connectivity index is 1.92. The van der Waals surface area contributed by atoms with E-state index in [0.717, 1.165) is 5.56 Å². The number of Topliss-reactive ketones (excluding diaryl/α,β-unsaturated/α-hetero) is 2. The standard InChI is InChI=1S/C25H31N3O7/c1-10(2)27-9-11-5-6-15(29)17-13(11)7-12-8-14-19(28(3)4)21(31)18(24(26)34)23(33)25(14,35)22(32)16(12)20(17)30/h5-6,10,12,14,19,27,29-30,33,35H,7-9H2,1-4H3,(H2,26,34)/t12-,14-,19-,25-/m0/s1. The highest BCUT2D eigenvalue weighted by molar-refractivity contribution is 6.24. The van der Waals surface area contributed by atoms with Crippen molar-refractivity contribution in [1.82, 2.24) is 10.2 Å². The number of carbonyl (C=O) groups excluding carboxylic acids is 3. The maximum absolute atomic E-state index is 13.8. The monoisotopic (exact) mass is 485 g/mol. The molecule has 10 nitrogen and oxygen atoms in total. The first kappa shape index (κ1) is 24.9.